The van der Waals surface area contributed by atoms with Gasteiger partial charge in [-0.15, -0.1) is 0 Å². The van der Waals surface area contributed by atoms with Crippen LogP contribution < -0.4 is 0 Å². The second-order valence-electron chi connectivity index (χ2n) is 4.82. The number of aromatic hydroxyl groups is 1. The fourth-order valence-corrected chi connectivity index (χ4v) is 3.30. The van der Waals surface area contributed by atoms with Crippen molar-refractivity contribution in [1.29, 1.82) is 0 Å². The average molecular weight is 454 g/mol. The summed E-state index contributed by atoms with van der Waals surface area (Å²) in [5, 5.41) is 18.3. The van der Waals surface area contributed by atoms with Gasteiger partial charge < -0.3 is 14.9 Å². The Hall–Kier alpha value is -1.16. The number of carbonyl (C=O) groups excluding carboxylic acids is 1. The summed E-state index contributed by atoms with van der Waals surface area (Å²) in [6.07, 6.45) is 2.11. The highest BCUT2D eigenvalue weighted by Crippen LogP contribution is 2.24. The topological polar surface area (TPSA) is 101 Å². The number of phenolic OH excluding ortho intramolecular Hbond substituents is 1. The van der Waals surface area contributed by atoms with E-state index in [0.29, 0.717) is 28.6 Å². The molecule has 0 aliphatic carbocycles. The van der Waals surface area contributed by atoms with Crippen LogP contribution in [0.2, 0.25) is 0 Å². The Labute approximate surface area is 150 Å². The lowest BCUT2D eigenvalue weighted by molar-refractivity contribution is -0.137. The van der Waals surface area contributed by atoms with Crippen LogP contribution in [-0.2, 0) is 20.3 Å². The fourth-order valence-electron chi connectivity index (χ4n) is 1.80. The van der Waals surface area contributed by atoms with Gasteiger partial charge in [-0.1, -0.05) is 12.5 Å². The Bertz CT molecular complexity index is 575. The monoisotopic (exact) mass is 454 g/mol. The molecule has 1 aromatic rings. The van der Waals surface area contributed by atoms with E-state index >= 15 is 0 Å². The maximum Gasteiger partial charge on any atom is 0.341 e. The molecule has 0 spiro atoms. The molecule has 0 aromatic heterocycles. The van der Waals surface area contributed by atoms with Crippen LogP contribution in [-0.4, -0.2) is 44.5 Å². The molecule has 0 radical (unpaired) electrons. The van der Waals surface area contributed by atoms with E-state index in [-0.39, 0.29) is 30.1 Å². The number of unbranched alkanes of at least 4 members (excludes halogenated alkanes) is 2. The number of hydrogen-bond acceptors (Lipinski definition) is 5. The Morgan fingerprint density at radius 3 is 2.61 bits per heavy atom. The van der Waals surface area contributed by atoms with Crippen molar-refractivity contribution < 1.29 is 28.7 Å². The number of benzene rings is 1. The molecule has 1 rings (SSSR count). The van der Waals surface area contributed by atoms with E-state index in [4.69, 9.17) is 9.84 Å². The zero-order valence-corrected chi connectivity index (χ0v) is 15.5. The lowest BCUT2D eigenvalue weighted by atomic mass is 10.2. The molecule has 1 atom stereocenters. The van der Waals surface area contributed by atoms with E-state index in [1.165, 1.54) is 6.07 Å². The van der Waals surface area contributed by atoms with Gasteiger partial charge in [-0.2, -0.15) is 0 Å². The molecule has 0 heterocycles. The molecule has 0 saturated carbocycles. The van der Waals surface area contributed by atoms with Crippen LogP contribution in [0.1, 0.15) is 36.0 Å². The molecule has 128 valence electrons. The number of halogens is 1. The third kappa shape index (κ3) is 7.78. The van der Waals surface area contributed by atoms with Crippen LogP contribution in [0.5, 0.6) is 5.75 Å². The number of carboxylic acid groups (broad SMARTS) is 1. The zero-order valence-electron chi connectivity index (χ0n) is 12.5. The van der Waals surface area contributed by atoms with Crippen LogP contribution in [0.3, 0.4) is 0 Å². The second kappa shape index (κ2) is 10.6. The molecule has 0 saturated heterocycles. The summed E-state index contributed by atoms with van der Waals surface area (Å²) in [5.74, 6) is -0.880. The minimum atomic E-state index is -1.11. The van der Waals surface area contributed by atoms with E-state index < -0.39 is 22.7 Å². The van der Waals surface area contributed by atoms with Crippen LogP contribution in [0, 0.1) is 3.57 Å². The molecule has 0 aliphatic rings. The normalized spacial score (nSPS) is 11.9. The lowest BCUT2D eigenvalue weighted by Crippen LogP contribution is -2.14. The van der Waals surface area contributed by atoms with Crippen LogP contribution in [0.4, 0.5) is 0 Å². The summed E-state index contributed by atoms with van der Waals surface area (Å²) in [4.78, 5) is 22.2. The molecule has 0 bridgehead atoms. The Morgan fingerprint density at radius 2 is 1.91 bits per heavy atom. The lowest BCUT2D eigenvalue weighted by Gasteiger charge is -2.07. The molecule has 0 fully saturated rings. The largest absolute Gasteiger partial charge is 0.506 e. The van der Waals surface area contributed by atoms with Gasteiger partial charge in [-0.05, 0) is 47.6 Å². The standard InChI is InChI=1S/C15H19IO6S/c16-12-6-4-5-11(14(12)19)15(20)22-8-10-23(21)9-3-1-2-7-13(17)18/h4-6,19H,1-3,7-10H2,(H,17,18). The molecule has 8 heteroatoms. The molecule has 6 nitrogen and oxygen atoms in total. The summed E-state index contributed by atoms with van der Waals surface area (Å²) >= 11 is 1.91. The van der Waals surface area contributed by atoms with E-state index in [1.807, 2.05) is 22.6 Å². The number of aliphatic carboxylic acids is 1. The Balaban J connectivity index is 2.23. The number of carboxylic acids is 1. The Kier molecular flexibility index (Phi) is 9.15. The third-order valence-corrected chi connectivity index (χ3v) is 5.25. The highest BCUT2D eigenvalue weighted by Gasteiger charge is 2.14. The van der Waals surface area contributed by atoms with Gasteiger partial charge in [0.1, 0.15) is 17.9 Å². The van der Waals surface area contributed by atoms with Crippen LogP contribution in [0.25, 0.3) is 0 Å². The highest BCUT2D eigenvalue weighted by molar-refractivity contribution is 14.1. The molecule has 23 heavy (non-hydrogen) atoms. The summed E-state index contributed by atoms with van der Waals surface area (Å²) in [6, 6.07) is 4.79. The van der Waals surface area contributed by atoms with Gasteiger partial charge in [0.15, 0.2) is 0 Å². The molecular weight excluding hydrogens is 435 g/mol. The molecule has 1 unspecified atom stereocenters. The number of carbonyl (C=O) groups is 2. The van der Waals surface area contributed by atoms with Crippen molar-refractivity contribution in [3.63, 3.8) is 0 Å². The molecule has 1 aromatic carbocycles. The molecule has 0 aliphatic heterocycles. The van der Waals surface area contributed by atoms with Gasteiger partial charge in [0.05, 0.1) is 9.32 Å². The number of para-hydroxylation sites is 1. The van der Waals surface area contributed by atoms with Crippen LogP contribution >= 0.6 is 22.6 Å². The van der Waals surface area contributed by atoms with Crippen molar-refractivity contribution in [3.8, 4) is 5.75 Å². The SMILES string of the molecule is O=C(O)CCCCCS(=O)CCOC(=O)c1cccc(I)c1O. The predicted octanol–water partition coefficient (Wildman–Crippen LogP) is 2.55. The van der Waals surface area contributed by atoms with E-state index in [2.05, 4.69) is 0 Å². The average Bonchev–Trinajstić information content (AvgIpc) is 2.49. The minimum absolute atomic E-state index is 0.0193. The van der Waals surface area contributed by atoms with Gasteiger partial charge in [-0.25, -0.2) is 4.79 Å². The molecular formula is C15H19IO6S. The number of phenols is 1. The third-order valence-electron chi connectivity index (χ3n) is 3.01. The van der Waals surface area contributed by atoms with Gasteiger partial charge in [-0.3, -0.25) is 9.00 Å². The smallest absolute Gasteiger partial charge is 0.341 e. The van der Waals surface area contributed by atoms with Gasteiger partial charge in [0, 0.05) is 23.0 Å². The molecule has 2 N–H and O–H groups in total. The summed E-state index contributed by atoms with van der Waals surface area (Å²) in [7, 11) is -1.11. The van der Waals surface area contributed by atoms with Crippen LogP contribution in [0.15, 0.2) is 18.2 Å². The summed E-state index contributed by atoms with van der Waals surface area (Å²) in [6.45, 7) is 0.0193. The number of ether oxygens (including phenoxy) is 1. The highest BCUT2D eigenvalue weighted by atomic mass is 127. The second-order valence-corrected chi connectivity index (χ2v) is 7.68. The fraction of sp³-hybridized carbons (Fsp3) is 0.467. The quantitative estimate of drug-likeness (QED) is 0.320. The number of rotatable bonds is 10. The van der Waals surface area contributed by atoms with Crippen molar-refractivity contribution in [1.82, 2.24) is 0 Å². The van der Waals surface area contributed by atoms with E-state index in [9.17, 15) is 18.9 Å². The van der Waals surface area contributed by atoms with E-state index in [0.717, 1.165) is 0 Å². The van der Waals surface area contributed by atoms with Crippen molar-refractivity contribution in [2.45, 2.75) is 25.7 Å². The summed E-state index contributed by atoms with van der Waals surface area (Å²) in [5.41, 5.74) is 0.0938. The van der Waals surface area contributed by atoms with Crippen molar-refractivity contribution in [2.24, 2.45) is 0 Å². The summed E-state index contributed by atoms with van der Waals surface area (Å²) < 4.78 is 17.3. The first-order chi connectivity index (χ1) is 10.9. The van der Waals surface area contributed by atoms with Crippen molar-refractivity contribution >= 4 is 45.3 Å². The van der Waals surface area contributed by atoms with Crippen molar-refractivity contribution in [3.05, 3.63) is 27.3 Å². The predicted molar refractivity (Wildman–Crippen MR) is 95.1 cm³/mol. The zero-order chi connectivity index (χ0) is 17.2. The first-order valence-electron chi connectivity index (χ1n) is 7.13. The number of esters is 1. The molecule has 0 amide bonds. The maximum atomic E-state index is 11.8. The first-order valence-corrected chi connectivity index (χ1v) is 9.70. The van der Waals surface area contributed by atoms with Gasteiger partial charge in [0.2, 0.25) is 0 Å². The Morgan fingerprint density at radius 1 is 1.17 bits per heavy atom. The number of hydrogen-bond donors (Lipinski definition) is 2. The maximum absolute atomic E-state index is 11.8. The van der Waals surface area contributed by atoms with Crippen molar-refractivity contribution in [2.75, 3.05) is 18.1 Å². The van der Waals surface area contributed by atoms with E-state index in [1.54, 1.807) is 12.1 Å². The minimum Gasteiger partial charge on any atom is -0.506 e. The first kappa shape index (κ1) is 19.9. The van der Waals surface area contributed by atoms with Gasteiger partial charge in [0.25, 0.3) is 0 Å². The van der Waals surface area contributed by atoms with Gasteiger partial charge >= 0.3 is 11.9 Å².